The summed E-state index contributed by atoms with van der Waals surface area (Å²) in [4.78, 5) is 17.8. The highest BCUT2D eigenvalue weighted by atomic mass is 16.4. The molecule has 2 N–H and O–H groups in total. The lowest BCUT2D eigenvalue weighted by molar-refractivity contribution is 0.0698. The maximum atomic E-state index is 11.0. The molecule has 0 unspecified atom stereocenters. The van der Waals surface area contributed by atoms with E-state index in [9.17, 15) is 4.79 Å². The number of aromatic carboxylic acids is 1. The zero-order valence-corrected chi connectivity index (χ0v) is 7.69. The molecule has 0 atom stereocenters. The number of hydrogen-bond donors (Lipinski definition) is 2. The number of hydrogen-bond acceptors (Lipinski definition) is 3. The van der Waals surface area contributed by atoms with E-state index in [0.29, 0.717) is 16.6 Å². The lowest BCUT2D eigenvalue weighted by Gasteiger charge is -2.02. The number of aromatic nitrogens is 2. The summed E-state index contributed by atoms with van der Waals surface area (Å²) >= 11 is 0. The van der Waals surface area contributed by atoms with E-state index in [4.69, 9.17) is 10.4 Å². The largest absolute Gasteiger partial charge is 0.478 e. The van der Waals surface area contributed by atoms with E-state index in [1.807, 2.05) is 6.07 Å². The van der Waals surface area contributed by atoms with Crippen LogP contribution in [0.25, 0.3) is 11.0 Å². The second-order valence-electron chi connectivity index (χ2n) is 3.04. The van der Waals surface area contributed by atoms with Crippen molar-refractivity contribution in [2.75, 3.05) is 0 Å². The van der Waals surface area contributed by atoms with Gasteiger partial charge in [0.15, 0.2) is 0 Å². The zero-order valence-electron chi connectivity index (χ0n) is 7.69. The van der Waals surface area contributed by atoms with Gasteiger partial charge in [-0.05, 0) is 11.6 Å². The van der Waals surface area contributed by atoms with E-state index >= 15 is 0 Å². The molecule has 15 heavy (non-hydrogen) atoms. The van der Waals surface area contributed by atoms with Gasteiger partial charge in [-0.3, -0.25) is 0 Å². The molecule has 74 valence electrons. The third-order valence-electron chi connectivity index (χ3n) is 2.16. The molecule has 0 fully saturated rings. The topological polar surface area (TPSA) is 89.8 Å². The monoisotopic (exact) mass is 201 g/mol. The van der Waals surface area contributed by atoms with Crippen molar-refractivity contribution in [2.24, 2.45) is 0 Å². The highest BCUT2D eigenvalue weighted by Gasteiger charge is 2.15. The molecule has 0 saturated heterocycles. The van der Waals surface area contributed by atoms with E-state index in [0.717, 1.165) is 0 Å². The first-order valence-electron chi connectivity index (χ1n) is 4.29. The lowest BCUT2D eigenvalue weighted by atomic mass is 10.0. The van der Waals surface area contributed by atoms with Crippen molar-refractivity contribution < 1.29 is 9.90 Å². The van der Waals surface area contributed by atoms with Gasteiger partial charge in [-0.2, -0.15) is 5.26 Å². The summed E-state index contributed by atoms with van der Waals surface area (Å²) in [7, 11) is 0. The van der Waals surface area contributed by atoms with Gasteiger partial charge in [0.1, 0.15) is 5.52 Å². The molecule has 0 aliphatic carbocycles. The van der Waals surface area contributed by atoms with Crippen molar-refractivity contribution in [1.29, 1.82) is 5.26 Å². The number of nitrogens with one attached hydrogen (secondary N) is 1. The molecule has 0 radical (unpaired) electrons. The quantitative estimate of drug-likeness (QED) is 0.766. The summed E-state index contributed by atoms with van der Waals surface area (Å²) in [6.45, 7) is 0. The number of rotatable bonds is 2. The Hall–Kier alpha value is -2.35. The molecule has 0 aliphatic rings. The Morgan fingerprint density at radius 2 is 2.40 bits per heavy atom. The van der Waals surface area contributed by atoms with E-state index in [1.165, 1.54) is 6.33 Å². The number of benzene rings is 1. The van der Waals surface area contributed by atoms with Crippen molar-refractivity contribution in [3.63, 3.8) is 0 Å². The van der Waals surface area contributed by atoms with Gasteiger partial charge in [0.25, 0.3) is 0 Å². The summed E-state index contributed by atoms with van der Waals surface area (Å²) in [5.41, 5.74) is 1.66. The van der Waals surface area contributed by atoms with Crippen molar-refractivity contribution in [3.05, 3.63) is 29.6 Å². The number of fused-ring (bicyclic) bond motifs is 1. The first kappa shape index (κ1) is 9.21. The van der Waals surface area contributed by atoms with Gasteiger partial charge in [-0.1, -0.05) is 6.07 Å². The van der Waals surface area contributed by atoms with Crippen LogP contribution in [0, 0.1) is 11.3 Å². The Kier molecular flexibility index (Phi) is 2.10. The minimum atomic E-state index is -1.06. The van der Waals surface area contributed by atoms with Crippen LogP contribution in [0.4, 0.5) is 0 Å². The van der Waals surface area contributed by atoms with Crippen molar-refractivity contribution in [3.8, 4) is 6.07 Å². The van der Waals surface area contributed by atoms with Gasteiger partial charge in [-0.25, -0.2) is 9.78 Å². The van der Waals surface area contributed by atoms with Crippen molar-refractivity contribution in [1.82, 2.24) is 9.97 Å². The van der Waals surface area contributed by atoms with E-state index < -0.39 is 5.97 Å². The third kappa shape index (κ3) is 1.42. The molecule has 0 bridgehead atoms. The minimum absolute atomic E-state index is 0.0738. The van der Waals surface area contributed by atoms with Crippen LogP contribution in [-0.4, -0.2) is 21.0 Å². The number of carboxylic acids is 1. The Balaban J connectivity index is 2.76. The Morgan fingerprint density at radius 1 is 1.60 bits per heavy atom. The number of nitrogens with zero attached hydrogens (tertiary/aromatic N) is 2. The Labute approximate surface area is 85.0 Å². The third-order valence-corrected chi connectivity index (χ3v) is 2.16. The zero-order chi connectivity index (χ0) is 10.8. The number of H-pyrrole nitrogens is 1. The van der Waals surface area contributed by atoms with Crippen LogP contribution in [0.5, 0.6) is 0 Å². The molecule has 5 heteroatoms. The average Bonchev–Trinajstić information content (AvgIpc) is 2.64. The van der Waals surface area contributed by atoms with Crippen molar-refractivity contribution in [2.45, 2.75) is 6.42 Å². The smallest absolute Gasteiger partial charge is 0.338 e. The summed E-state index contributed by atoms with van der Waals surface area (Å²) in [6.07, 6.45) is 1.51. The SMILES string of the molecule is N#CCc1ccc2[nH]cnc2c1C(=O)O. The molecule has 1 aromatic heterocycles. The first-order valence-corrected chi connectivity index (χ1v) is 4.29. The van der Waals surface area contributed by atoms with Gasteiger partial charge in [0.2, 0.25) is 0 Å². The summed E-state index contributed by atoms with van der Waals surface area (Å²) in [5.74, 6) is -1.06. The molecule has 2 rings (SSSR count). The number of carbonyl (C=O) groups is 1. The van der Waals surface area contributed by atoms with E-state index in [-0.39, 0.29) is 12.0 Å². The van der Waals surface area contributed by atoms with E-state index in [2.05, 4.69) is 9.97 Å². The van der Waals surface area contributed by atoms with Crippen LogP contribution in [0.3, 0.4) is 0 Å². The van der Waals surface area contributed by atoms with Gasteiger partial charge in [-0.15, -0.1) is 0 Å². The van der Waals surface area contributed by atoms with Crippen LogP contribution < -0.4 is 0 Å². The summed E-state index contributed by atoms with van der Waals surface area (Å²) in [6, 6.07) is 5.29. The van der Waals surface area contributed by atoms with Crippen molar-refractivity contribution >= 4 is 17.0 Å². The fraction of sp³-hybridized carbons (Fsp3) is 0.100. The Morgan fingerprint density at radius 3 is 3.07 bits per heavy atom. The maximum absolute atomic E-state index is 11.0. The fourth-order valence-corrected chi connectivity index (χ4v) is 1.52. The molecule has 2 aromatic rings. The number of aromatic amines is 1. The standard InChI is InChI=1S/C10H7N3O2/c11-4-3-6-1-2-7-9(13-5-12-7)8(6)10(14)15/h1-2,5H,3H2,(H,12,13)(H,14,15). The van der Waals surface area contributed by atoms with Gasteiger partial charge >= 0.3 is 5.97 Å². The second kappa shape index (κ2) is 3.42. The highest BCUT2D eigenvalue weighted by molar-refractivity contribution is 6.02. The summed E-state index contributed by atoms with van der Waals surface area (Å²) < 4.78 is 0. The normalized spacial score (nSPS) is 10.1. The molecular weight excluding hydrogens is 194 g/mol. The van der Waals surface area contributed by atoms with Crippen LogP contribution in [-0.2, 0) is 6.42 Å². The van der Waals surface area contributed by atoms with Gasteiger partial charge in [0.05, 0.1) is 29.9 Å². The Bertz CT molecular complexity index is 566. The van der Waals surface area contributed by atoms with E-state index in [1.54, 1.807) is 12.1 Å². The molecular formula is C10H7N3O2. The number of carboxylic acid groups (broad SMARTS) is 1. The highest BCUT2D eigenvalue weighted by Crippen LogP contribution is 2.19. The molecule has 0 aliphatic heterocycles. The van der Waals surface area contributed by atoms with Gasteiger partial charge < -0.3 is 10.1 Å². The molecule has 0 saturated carbocycles. The van der Waals surface area contributed by atoms with Crippen LogP contribution in [0.15, 0.2) is 18.5 Å². The predicted octanol–water partition coefficient (Wildman–Crippen LogP) is 1.33. The average molecular weight is 201 g/mol. The molecule has 0 amide bonds. The molecule has 5 nitrogen and oxygen atoms in total. The molecule has 1 aromatic carbocycles. The maximum Gasteiger partial charge on any atom is 0.338 e. The molecule has 0 spiro atoms. The second-order valence-corrected chi connectivity index (χ2v) is 3.04. The predicted molar refractivity (Wildman–Crippen MR) is 52.4 cm³/mol. The minimum Gasteiger partial charge on any atom is -0.478 e. The van der Waals surface area contributed by atoms with Crippen LogP contribution >= 0.6 is 0 Å². The summed E-state index contributed by atoms with van der Waals surface area (Å²) in [5, 5.41) is 17.6. The van der Waals surface area contributed by atoms with Crippen LogP contribution in [0.1, 0.15) is 15.9 Å². The lowest BCUT2D eigenvalue weighted by Crippen LogP contribution is -2.03. The van der Waals surface area contributed by atoms with Crippen LogP contribution in [0.2, 0.25) is 0 Å². The number of nitriles is 1. The number of imidazole rings is 1. The molecule has 1 heterocycles. The van der Waals surface area contributed by atoms with Gasteiger partial charge in [0, 0.05) is 0 Å². The fourth-order valence-electron chi connectivity index (χ4n) is 1.52. The first-order chi connectivity index (χ1) is 7.24.